The Morgan fingerprint density at radius 2 is 2.00 bits per heavy atom. The van der Waals surface area contributed by atoms with Crippen LogP contribution in [0.25, 0.3) is 0 Å². The van der Waals surface area contributed by atoms with Crippen LogP contribution in [0, 0.1) is 6.92 Å². The summed E-state index contributed by atoms with van der Waals surface area (Å²) in [5, 5.41) is 17.0. The maximum absolute atomic E-state index is 4.48. The second-order valence-corrected chi connectivity index (χ2v) is 5.50. The predicted octanol–water partition coefficient (Wildman–Crippen LogP) is 2.53. The highest BCUT2D eigenvalue weighted by molar-refractivity contribution is 7.99. The molecule has 0 radical (unpaired) electrons. The summed E-state index contributed by atoms with van der Waals surface area (Å²) in [5.74, 6) is 1.73. The molecule has 1 aromatic carbocycles. The first-order chi connectivity index (χ1) is 9.22. The highest BCUT2D eigenvalue weighted by Gasteiger charge is 2.16. The Morgan fingerprint density at radius 1 is 1.21 bits per heavy atom. The van der Waals surface area contributed by atoms with Gasteiger partial charge in [-0.05, 0) is 26.0 Å². The Hall–Kier alpha value is -1.82. The van der Waals surface area contributed by atoms with Crippen molar-refractivity contribution < 1.29 is 0 Å². The summed E-state index contributed by atoms with van der Waals surface area (Å²) >= 11 is 1.67. The highest BCUT2D eigenvalue weighted by atomic mass is 32.2. The van der Waals surface area contributed by atoms with Crippen molar-refractivity contribution in [3.05, 3.63) is 35.7 Å². The lowest BCUT2D eigenvalue weighted by Crippen LogP contribution is -2.12. The molecule has 0 spiro atoms. The summed E-state index contributed by atoms with van der Waals surface area (Å²) in [6.07, 6.45) is 0. The third kappa shape index (κ3) is 2.63. The minimum Gasteiger partial charge on any atom is -0.378 e. The lowest BCUT2D eigenvalue weighted by Gasteiger charge is -2.11. The predicted molar refractivity (Wildman–Crippen MR) is 77.8 cm³/mol. The van der Waals surface area contributed by atoms with Crippen LogP contribution < -0.4 is 5.32 Å². The Morgan fingerprint density at radius 3 is 2.79 bits per heavy atom. The van der Waals surface area contributed by atoms with Gasteiger partial charge in [0, 0.05) is 17.2 Å². The topological polar surface area (TPSA) is 55.1 Å². The molecule has 1 aromatic heterocycles. The summed E-state index contributed by atoms with van der Waals surface area (Å²) in [4.78, 5) is 0. The van der Waals surface area contributed by atoms with Crippen LogP contribution in [-0.2, 0) is 6.54 Å². The number of hydrogen-bond donors (Lipinski definition) is 1. The van der Waals surface area contributed by atoms with Gasteiger partial charge < -0.3 is 5.32 Å². The summed E-state index contributed by atoms with van der Waals surface area (Å²) in [7, 11) is 0. The van der Waals surface area contributed by atoms with Gasteiger partial charge in [0.2, 0.25) is 5.16 Å². The molecule has 1 aliphatic rings. The average molecular weight is 273 g/mol. The van der Waals surface area contributed by atoms with E-state index in [-0.39, 0.29) is 0 Å². The summed E-state index contributed by atoms with van der Waals surface area (Å²) in [6.45, 7) is 4.72. The van der Waals surface area contributed by atoms with E-state index in [1.165, 1.54) is 5.56 Å². The van der Waals surface area contributed by atoms with Crippen LogP contribution in [0.5, 0.6) is 0 Å². The molecule has 3 rings (SSSR count). The van der Waals surface area contributed by atoms with Gasteiger partial charge in [-0.25, -0.2) is 0 Å². The number of nitrogens with one attached hydrogen (secondary N) is 1. The zero-order chi connectivity index (χ0) is 13.2. The summed E-state index contributed by atoms with van der Waals surface area (Å²) in [5.41, 5.74) is 3.42. The maximum Gasteiger partial charge on any atom is 0.212 e. The van der Waals surface area contributed by atoms with Crippen molar-refractivity contribution in [1.82, 2.24) is 14.9 Å². The quantitative estimate of drug-likeness (QED) is 0.933. The van der Waals surface area contributed by atoms with E-state index in [0.717, 1.165) is 28.1 Å². The molecule has 1 aliphatic heterocycles. The van der Waals surface area contributed by atoms with Gasteiger partial charge in [-0.1, -0.05) is 29.5 Å². The number of aromatic nitrogens is 3. The van der Waals surface area contributed by atoms with E-state index in [9.17, 15) is 0 Å². The zero-order valence-corrected chi connectivity index (χ0v) is 11.7. The fourth-order valence-electron chi connectivity index (χ4n) is 1.82. The van der Waals surface area contributed by atoms with Gasteiger partial charge >= 0.3 is 0 Å². The number of fused-ring (bicyclic) bond motifs is 1. The van der Waals surface area contributed by atoms with Crippen molar-refractivity contribution in [2.24, 2.45) is 5.10 Å². The van der Waals surface area contributed by atoms with Gasteiger partial charge in [-0.2, -0.15) is 9.78 Å². The second kappa shape index (κ2) is 5.05. The Labute approximate surface area is 116 Å². The van der Waals surface area contributed by atoms with Crippen LogP contribution in [0.4, 0.5) is 5.69 Å². The fraction of sp³-hybridized carbons (Fsp3) is 0.308. The smallest absolute Gasteiger partial charge is 0.212 e. The van der Waals surface area contributed by atoms with Crippen LogP contribution in [0.1, 0.15) is 18.3 Å². The molecule has 98 valence electrons. The number of anilines is 1. The van der Waals surface area contributed by atoms with E-state index in [1.54, 1.807) is 11.8 Å². The second-order valence-electron chi connectivity index (χ2n) is 4.55. The molecule has 2 heterocycles. The molecule has 0 saturated heterocycles. The third-order valence-electron chi connectivity index (χ3n) is 2.86. The average Bonchev–Trinajstić information content (AvgIpc) is 2.80. The van der Waals surface area contributed by atoms with Gasteiger partial charge in [0.15, 0.2) is 5.82 Å². The first-order valence-corrected chi connectivity index (χ1v) is 7.13. The molecule has 0 unspecified atom stereocenters. The molecule has 0 atom stereocenters. The minimum absolute atomic E-state index is 0.618. The van der Waals surface area contributed by atoms with Crippen molar-refractivity contribution in [3.63, 3.8) is 0 Å². The van der Waals surface area contributed by atoms with Gasteiger partial charge in [0.25, 0.3) is 0 Å². The molecule has 0 saturated carbocycles. The third-order valence-corrected chi connectivity index (χ3v) is 3.93. The van der Waals surface area contributed by atoms with Crippen LogP contribution in [0.2, 0.25) is 0 Å². The molecule has 0 fully saturated rings. The molecule has 0 aliphatic carbocycles. The Kier molecular flexibility index (Phi) is 3.25. The van der Waals surface area contributed by atoms with E-state index in [4.69, 9.17) is 0 Å². The molecular formula is C13H15N5S. The van der Waals surface area contributed by atoms with Crippen LogP contribution in [0.3, 0.4) is 0 Å². The molecule has 2 aromatic rings. The molecule has 1 N–H and O–H groups in total. The lowest BCUT2D eigenvalue weighted by molar-refractivity contribution is 0.715. The Bertz CT molecular complexity index is 614. The number of hydrogen-bond acceptors (Lipinski definition) is 5. The van der Waals surface area contributed by atoms with Gasteiger partial charge in [-0.3, -0.25) is 0 Å². The van der Waals surface area contributed by atoms with Crippen LogP contribution >= 0.6 is 11.8 Å². The monoisotopic (exact) mass is 273 g/mol. The number of nitrogens with zero attached hydrogens (tertiary/aromatic N) is 4. The van der Waals surface area contributed by atoms with E-state index in [1.807, 2.05) is 11.6 Å². The SMILES string of the molecule is CC1=Nn2c(CNc3ccc(C)cc3)nnc2SC1. The summed E-state index contributed by atoms with van der Waals surface area (Å²) < 4.78 is 1.82. The van der Waals surface area contributed by atoms with E-state index < -0.39 is 0 Å². The largest absolute Gasteiger partial charge is 0.378 e. The molecule has 0 amide bonds. The van der Waals surface area contributed by atoms with Crippen molar-refractivity contribution in [2.75, 3.05) is 11.1 Å². The number of thioether (sulfide) groups is 1. The molecule has 0 bridgehead atoms. The Balaban J connectivity index is 1.75. The molecule has 5 nitrogen and oxygen atoms in total. The van der Waals surface area contributed by atoms with Crippen LogP contribution in [-0.4, -0.2) is 26.3 Å². The van der Waals surface area contributed by atoms with Crippen LogP contribution in [0.15, 0.2) is 34.5 Å². The maximum atomic E-state index is 4.48. The van der Waals surface area contributed by atoms with Gasteiger partial charge in [-0.15, -0.1) is 10.2 Å². The molecule has 19 heavy (non-hydrogen) atoms. The highest BCUT2D eigenvalue weighted by Crippen LogP contribution is 2.21. The number of rotatable bonds is 3. The van der Waals surface area contributed by atoms with Gasteiger partial charge in [0.05, 0.1) is 6.54 Å². The first kappa shape index (κ1) is 12.2. The van der Waals surface area contributed by atoms with E-state index >= 15 is 0 Å². The lowest BCUT2D eigenvalue weighted by atomic mass is 10.2. The zero-order valence-electron chi connectivity index (χ0n) is 10.9. The fourth-order valence-corrected chi connectivity index (χ4v) is 2.58. The van der Waals surface area contributed by atoms with Crippen molar-refractivity contribution in [2.45, 2.75) is 25.5 Å². The summed E-state index contributed by atoms with van der Waals surface area (Å²) in [6, 6.07) is 8.29. The first-order valence-electron chi connectivity index (χ1n) is 6.14. The van der Waals surface area contributed by atoms with E-state index in [0.29, 0.717) is 6.54 Å². The molecular weight excluding hydrogens is 258 g/mol. The minimum atomic E-state index is 0.618. The van der Waals surface area contributed by atoms with Crippen molar-refractivity contribution in [3.8, 4) is 0 Å². The standard InChI is InChI=1S/C13H15N5S/c1-9-3-5-11(6-4-9)14-7-12-15-16-13-18(12)17-10(2)8-19-13/h3-6,14H,7-8H2,1-2H3. The number of aryl methyl sites for hydroxylation is 1. The van der Waals surface area contributed by atoms with E-state index in [2.05, 4.69) is 51.8 Å². The van der Waals surface area contributed by atoms with Gasteiger partial charge in [0.1, 0.15) is 0 Å². The number of benzene rings is 1. The van der Waals surface area contributed by atoms with Crippen molar-refractivity contribution in [1.29, 1.82) is 0 Å². The van der Waals surface area contributed by atoms with Crippen molar-refractivity contribution >= 4 is 23.2 Å². The molecule has 6 heteroatoms. The normalized spacial score (nSPS) is 13.9.